The molecule has 2 aliphatic rings. The number of hydrogen-bond donors (Lipinski definition) is 0. The summed E-state index contributed by atoms with van der Waals surface area (Å²) in [5.41, 5.74) is 0. The summed E-state index contributed by atoms with van der Waals surface area (Å²) in [7, 11) is 0. The number of esters is 1. The second-order valence-corrected chi connectivity index (χ2v) is 6.61. The third kappa shape index (κ3) is 6.14. The van der Waals surface area contributed by atoms with E-state index in [0.29, 0.717) is 6.61 Å². The normalized spacial score (nSPS) is 32.4. The highest BCUT2D eigenvalue weighted by molar-refractivity contribution is 14.1. The van der Waals surface area contributed by atoms with Crippen molar-refractivity contribution in [1.82, 2.24) is 0 Å². The molecule has 0 N–H and O–H groups in total. The standard InChI is InChI=1S/C16H25IO5/c1-2-15(18)22-13-9-12(21-14(10-13)11-17)6-8-20-16-5-3-4-7-19-16/h2,12-14,16H,1,3-11H2/t12-,13-,14-,16?/m0/s1. The van der Waals surface area contributed by atoms with Crippen LogP contribution >= 0.6 is 22.6 Å². The number of ether oxygens (including phenoxy) is 4. The van der Waals surface area contributed by atoms with E-state index in [1.165, 1.54) is 12.5 Å². The highest BCUT2D eigenvalue weighted by Crippen LogP contribution is 2.26. The average molecular weight is 424 g/mol. The minimum Gasteiger partial charge on any atom is -0.459 e. The lowest BCUT2D eigenvalue weighted by Crippen LogP contribution is -2.39. The highest BCUT2D eigenvalue weighted by atomic mass is 127. The Kier molecular flexibility index (Phi) is 8.13. The van der Waals surface area contributed by atoms with Crippen LogP contribution in [0.25, 0.3) is 0 Å². The SMILES string of the molecule is C=CC(=O)O[C@@H]1C[C@@H](CI)O[C@@H](CCOC2CCCCO2)C1. The molecule has 22 heavy (non-hydrogen) atoms. The number of halogens is 1. The monoisotopic (exact) mass is 424 g/mol. The van der Waals surface area contributed by atoms with Crippen LogP contribution in [0.2, 0.25) is 0 Å². The maximum Gasteiger partial charge on any atom is 0.330 e. The van der Waals surface area contributed by atoms with Crippen molar-refractivity contribution >= 4 is 28.6 Å². The topological polar surface area (TPSA) is 54.0 Å². The number of alkyl halides is 1. The van der Waals surface area contributed by atoms with Gasteiger partial charge in [0.05, 0.1) is 18.8 Å². The lowest BCUT2D eigenvalue weighted by molar-refractivity contribution is -0.174. The van der Waals surface area contributed by atoms with Crippen LogP contribution in [-0.4, -0.2) is 48.2 Å². The molecule has 0 bridgehead atoms. The highest BCUT2D eigenvalue weighted by Gasteiger charge is 2.31. The quantitative estimate of drug-likeness (QED) is 0.272. The van der Waals surface area contributed by atoms with Gasteiger partial charge in [0, 0.05) is 30.0 Å². The molecule has 5 nitrogen and oxygen atoms in total. The Morgan fingerprint density at radius 2 is 2.14 bits per heavy atom. The molecule has 1 unspecified atom stereocenters. The summed E-state index contributed by atoms with van der Waals surface area (Å²) >= 11 is 2.31. The Bertz CT molecular complexity index is 356. The molecule has 0 aromatic rings. The van der Waals surface area contributed by atoms with Gasteiger partial charge in [-0.05, 0) is 25.7 Å². The second-order valence-electron chi connectivity index (χ2n) is 5.72. The summed E-state index contributed by atoms with van der Waals surface area (Å²) in [6.45, 7) is 4.85. The maximum absolute atomic E-state index is 11.4. The number of carbonyl (C=O) groups is 1. The van der Waals surface area contributed by atoms with Crippen LogP contribution in [0.5, 0.6) is 0 Å². The Morgan fingerprint density at radius 1 is 1.32 bits per heavy atom. The molecule has 0 aromatic carbocycles. The van der Waals surface area contributed by atoms with Crippen LogP contribution < -0.4 is 0 Å². The van der Waals surface area contributed by atoms with E-state index >= 15 is 0 Å². The van der Waals surface area contributed by atoms with Crippen molar-refractivity contribution in [1.29, 1.82) is 0 Å². The molecule has 0 aromatic heterocycles. The van der Waals surface area contributed by atoms with Gasteiger partial charge >= 0.3 is 5.97 Å². The van der Waals surface area contributed by atoms with Crippen molar-refractivity contribution in [3.8, 4) is 0 Å². The fraction of sp³-hybridized carbons (Fsp3) is 0.812. The van der Waals surface area contributed by atoms with Gasteiger partial charge in [-0.1, -0.05) is 29.2 Å². The molecule has 2 rings (SSSR count). The van der Waals surface area contributed by atoms with E-state index in [9.17, 15) is 4.79 Å². The summed E-state index contributed by atoms with van der Waals surface area (Å²) in [4.78, 5) is 11.4. The van der Waals surface area contributed by atoms with Crippen molar-refractivity contribution in [2.75, 3.05) is 17.6 Å². The summed E-state index contributed by atoms with van der Waals surface area (Å²) < 4.78 is 23.6. The predicted molar refractivity (Wildman–Crippen MR) is 91.0 cm³/mol. The van der Waals surface area contributed by atoms with Crippen LogP contribution in [-0.2, 0) is 23.7 Å². The number of hydrogen-bond acceptors (Lipinski definition) is 5. The fourth-order valence-electron chi connectivity index (χ4n) is 2.83. The van der Waals surface area contributed by atoms with Crippen molar-refractivity contribution in [2.45, 2.75) is 63.1 Å². The summed E-state index contributed by atoms with van der Waals surface area (Å²) in [6.07, 6.45) is 6.81. The third-order valence-electron chi connectivity index (χ3n) is 3.94. The molecule has 6 heteroatoms. The third-order valence-corrected chi connectivity index (χ3v) is 4.92. The van der Waals surface area contributed by atoms with Gasteiger partial charge in [0.15, 0.2) is 6.29 Å². The first kappa shape index (κ1) is 18.2. The Balaban J connectivity index is 1.73. The lowest BCUT2D eigenvalue weighted by Gasteiger charge is -2.34. The number of rotatable bonds is 7. The first-order chi connectivity index (χ1) is 10.7. The predicted octanol–water partition coefficient (Wildman–Crippen LogP) is 3.00. The van der Waals surface area contributed by atoms with Crippen LogP contribution in [0.1, 0.15) is 38.5 Å². The van der Waals surface area contributed by atoms with Gasteiger partial charge in [-0.25, -0.2) is 4.79 Å². The van der Waals surface area contributed by atoms with Crippen molar-refractivity contribution < 1.29 is 23.7 Å². The van der Waals surface area contributed by atoms with Crippen LogP contribution in [0.4, 0.5) is 0 Å². The van der Waals surface area contributed by atoms with Crippen LogP contribution in [0, 0.1) is 0 Å². The fourth-order valence-corrected chi connectivity index (χ4v) is 3.40. The van der Waals surface area contributed by atoms with Crippen LogP contribution in [0.15, 0.2) is 12.7 Å². The Labute approximate surface area is 145 Å². The molecule has 2 heterocycles. The zero-order valence-corrected chi connectivity index (χ0v) is 15.0. The zero-order valence-electron chi connectivity index (χ0n) is 12.9. The number of carbonyl (C=O) groups excluding carboxylic acids is 1. The molecular weight excluding hydrogens is 399 g/mol. The molecule has 126 valence electrons. The summed E-state index contributed by atoms with van der Waals surface area (Å²) in [5, 5.41) is 0. The van der Waals surface area contributed by atoms with E-state index in [2.05, 4.69) is 29.2 Å². The summed E-state index contributed by atoms with van der Waals surface area (Å²) in [6, 6.07) is 0. The molecule has 0 spiro atoms. The van der Waals surface area contributed by atoms with Crippen molar-refractivity contribution in [3.63, 3.8) is 0 Å². The Hall–Kier alpha value is -0.180. The lowest BCUT2D eigenvalue weighted by atomic mass is 10.00. The van der Waals surface area contributed by atoms with Gasteiger partial charge in [0.25, 0.3) is 0 Å². The van der Waals surface area contributed by atoms with Crippen molar-refractivity contribution in [2.24, 2.45) is 0 Å². The van der Waals surface area contributed by atoms with E-state index in [4.69, 9.17) is 18.9 Å². The smallest absolute Gasteiger partial charge is 0.330 e. The maximum atomic E-state index is 11.4. The van der Waals surface area contributed by atoms with E-state index in [-0.39, 0.29) is 30.6 Å². The molecule has 0 amide bonds. The van der Waals surface area contributed by atoms with Gasteiger partial charge in [0.1, 0.15) is 6.10 Å². The largest absolute Gasteiger partial charge is 0.459 e. The molecule has 4 atom stereocenters. The molecule has 0 radical (unpaired) electrons. The van der Waals surface area contributed by atoms with Gasteiger partial charge in [-0.15, -0.1) is 0 Å². The first-order valence-electron chi connectivity index (χ1n) is 7.99. The van der Waals surface area contributed by atoms with Gasteiger partial charge in [-0.2, -0.15) is 0 Å². The molecule has 0 saturated carbocycles. The molecule has 2 aliphatic heterocycles. The molecule has 0 aliphatic carbocycles. The minimum absolute atomic E-state index is 0.0629. The van der Waals surface area contributed by atoms with Gasteiger partial charge in [-0.3, -0.25) is 0 Å². The molecular formula is C16H25IO5. The van der Waals surface area contributed by atoms with Crippen LogP contribution in [0.3, 0.4) is 0 Å². The average Bonchev–Trinajstić information content (AvgIpc) is 2.55. The van der Waals surface area contributed by atoms with Crippen molar-refractivity contribution in [3.05, 3.63) is 12.7 Å². The Morgan fingerprint density at radius 3 is 2.82 bits per heavy atom. The second kappa shape index (κ2) is 9.85. The van der Waals surface area contributed by atoms with Gasteiger partial charge < -0.3 is 18.9 Å². The van der Waals surface area contributed by atoms with E-state index < -0.39 is 0 Å². The van der Waals surface area contributed by atoms with E-state index in [0.717, 1.165) is 43.1 Å². The summed E-state index contributed by atoms with van der Waals surface area (Å²) in [5.74, 6) is -0.357. The molecule has 2 saturated heterocycles. The first-order valence-corrected chi connectivity index (χ1v) is 9.51. The molecule has 2 fully saturated rings. The van der Waals surface area contributed by atoms with Gasteiger partial charge in [0.2, 0.25) is 0 Å². The minimum atomic E-state index is -0.357. The van der Waals surface area contributed by atoms with E-state index in [1.54, 1.807) is 0 Å². The zero-order chi connectivity index (χ0) is 15.8. The van der Waals surface area contributed by atoms with E-state index in [1.807, 2.05) is 0 Å².